The number of rotatable bonds is 1. The number of fused-ring (bicyclic) bond motifs is 1. The fourth-order valence-electron chi connectivity index (χ4n) is 2.16. The molecule has 0 atom stereocenters. The van der Waals surface area contributed by atoms with Gasteiger partial charge >= 0.3 is 6.18 Å². The second-order valence-electron chi connectivity index (χ2n) is 4.76. The molecule has 0 saturated heterocycles. The van der Waals surface area contributed by atoms with E-state index in [1.807, 2.05) is 6.07 Å². The number of allylic oxidation sites excluding steroid dienone is 1. The highest BCUT2D eigenvalue weighted by atomic mass is 32.2. The minimum atomic E-state index is -4.42. The zero-order valence-corrected chi connectivity index (χ0v) is 12.0. The normalized spacial score (nSPS) is 16.4. The molecule has 0 radical (unpaired) electrons. The quantitative estimate of drug-likeness (QED) is 0.583. The predicted octanol–water partition coefficient (Wildman–Crippen LogP) is 5.97. The van der Waals surface area contributed by atoms with E-state index in [1.54, 1.807) is 30.3 Å². The molecule has 5 heteroatoms. The lowest BCUT2D eigenvalue weighted by Crippen LogP contribution is -2.11. The molecule has 0 aromatic heterocycles. The minimum absolute atomic E-state index is 0.370. The number of thioether (sulfide) groups is 1. The van der Waals surface area contributed by atoms with E-state index >= 15 is 0 Å². The van der Waals surface area contributed by atoms with Gasteiger partial charge in [0.1, 0.15) is 5.82 Å². The minimum Gasteiger partial charge on any atom is -0.207 e. The van der Waals surface area contributed by atoms with Crippen molar-refractivity contribution in [1.29, 1.82) is 0 Å². The number of alkyl halides is 3. The van der Waals surface area contributed by atoms with Gasteiger partial charge in [-0.25, -0.2) is 4.39 Å². The molecule has 0 bridgehead atoms. The lowest BCUT2D eigenvalue weighted by Gasteiger charge is -2.21. The molecule has 3 rings (SSSR count). The Kier molecular flexibility index (Phi) is 3.83. The van der Waals surface area contributed by atoms with Gasteiger partial charge in [-0.15, -0.1) is 0 Å². The van der Waals surface area contributed by atoms with Crippen molar-refractivity contribution in [3.63, 3.8) is 0 Å². The van der Waals surface area contributed by atoms with E-state index in [2.05, 4.69) is 0 Å². The summed E-state index contributed by atoms with van der Waals surface area (Å²) in [5.41, 5.74) is 1.61. The van der Waals surface area contributed by atoms with Crippen LogP contribution in [0.2, 0.25) is 0 Å². The van der Waals surface area contributed by atoms with Gasteiger partial charge in [-0.2, -0.15) is 13.2 Å². The van der Waals surface area contributed by atoms with E-state index in [0.717, 1.165) is 11.6 Å². The van der Waals surface area contributed by atoms with Crippen LogP contribution in [0.4, 0.5) is 17.6 Å². The third-order valence-corrected chi connectivity index (χ3v) is 4.29. The molecule has 1 aliphatic heterocycles. The van der Waals surface area contributed by atoms with Crippen LogP contribution in [0.15, 0.2) is 53.4 Å². The molecule has 0 aliphatic carbocycles. The van der Waals surface area contributed by atoms with Crippen molar-refractivity contribution in [2.24, 2.45) is 0 Å². The summed E-state index contributed by atoms with van der Waals surface area (Å²) >= 11 is 0.615. The summed E-state index contributed by atoms with van der Waals surface area (Å²) in [5, 5.41) is 0. The zero-order chi connectivity index (χ0) is 15.7. The molecule has 1 aliphatic rings. The van der Waals surface area contributed by atoms with E-state index in [-0.39, 0.29) is 0 Å². The first-order valence-corrected chi connectivity index (χ1v) is 7.28. The molecule has 22 heavy (non-hydrogen) atoms. The SMILES string of the molecule is Fc1ccc2c(c1)/C(=C/c1ccccc1)SC(C(F)(F)F)=C2. The molecule has 0 amide bonds. The monoisotopic (exact) mass is 322 g/mol. The average molecular weight is 322 g/mol. The molecule has 0 unspecified atom stereocenters. The largest absolute Gasteiger partial charge is 0.422 e. The van der Waals surface area contributed by atoms with Gasteiger partial charge in [0, 0.05) is 4.91 Å². The van der Waals surface area contributed by atoms with Crippen molar-refractivity contribution in [1.82, 2.24) is 0 Å². The summed E-state index contributed by atoms with van der Waals surface area (Å²) in [7, 11) is 0. The maximum Gasteiger partial charge on any atom is 0.422 e. The topological polar surface area (TPSA) is 0 Å². The van der Waals surface area contributed by atoms with E-state index in [1.165, 1.54) is 18.2 Å². The van der Waals surface area contributed by atoms with Crippen molar-refractivity contribution < 1.29 is 17.6 Å². The molecule has 2 aromatic rings. The maximum absolute atomic E-state index is 13.5. The van der Waals surface area contributed by atoms with Crippen LogP contribution in [0, 0.1) is 5.82 Å². The van der Waals surface area contributed by atoms with Crippen molar-refractivity contribution in [2.45, 2.75) is 6.18 Å². The number of hydrogen-bond acceptors (Lipinski definition) is 1. The Morgan fingerprint density at radius 1 is 0.955 bits per heavy atom. The second kappa shape index (κ2) is 5.65. The number of halogens is 4. The van der Waals surface area contributed by atoms with E-state index in [4.69, 9.17) is 0 Å². The highest BCUT2D eigenvalue weighted by Crippen LogP contribution is 2.48. The van der Waals surface area contributed by atoms with Crippen molar-refractivity contribution >= 4 is 28.8 Å². The second-order valence-corrected chi connectivity index (χ2v) is 5.84. The van der Waals surface area contributed by atoms with Gasteiger partial charge in [0.25, 0.3) is 0 Å². The van der Waals surface area contributed by atoms with Gasteiger partial charge in [0.2, 0.25) is 0 Å². The summed E-state index contributed by atoms with van der Waals surface area (Å²) in [6, 6.07) is 12.8. The lowest BCUT2D eigenvalue weighted by molar-refractivity contribution is -0.0827. The highest BCUT2D eigenvalue weighted by Gasteiger charge is 2.37. The Morgan fingerprint density at radius 2 is 1.68 bits per heavy atom. The molecular weight excluding hydrogens is 312 g/mol. The molecule has 2 aromatic carbocycles. The Hall–Kier alpha value is -2.01. The first kappa shape index (κ1) is 14.9. The fraction of sp³-hybridized carbons (Fsp3) is 0.0588. The molecule has 0 saturated carbocycles. The Morgan fingerprint density at radius 3 is 2.36 bits per heavy atom. The number of benzene rings is 2. The standard InChI is InChI=1S/C17H10F4S/c18-13-7-6-12-9-16(17(19,20)21)22-15(14(12)10-13)8-11-4-2-1-3-5-11/h1-10H/b15-8-. The molecule has 0 nitrogen and oxygen atoms in total. The van der Waals surface area contributed by atoms with Gasteiger partial charge in [-0.05, 0) is 41.0 Å². The Bertz CT molecular complexity index is 758. The van der Waals surface area contributed by atoms with Crippen LogP contribution in [0.5, 0.6) is 0 Å². The summed E-state index contributed by atoms with van der Waals surface area (Å²) in [6.45, 7) is 0. The van der Waals surface area contributed by atoms with Crippen LogP contribution in [0.1, 0.15) is 16.7 Å². The van der Waals surface area contributed by atoms with Gasteiger partial charge < -0.3 is 0 Å². The van der Waals surface area contributed by atoms with Crippen LogP contribution in [0.3, 0.4) is 0 Å². The van der Waals surface area contributed by atoms with Gasteiger partial charge in [0.15, 0.2) is 0 Å². The van der Waals surface area contributed by atoms with Crippen molar-refractivity contribution in [2.75, 3.05) is 0 Å². The van der Waals surface area contributed by atoms with Crippen molar-refractivity contribution in [3.05, 3.63) is 75.9 Å². The third-order valence-electron chi connectivity index (χ3n) is 3.16. The highest BCUT2D eigenvalue weighted by molar-refractivity contribution is 8.12. The number of hydrogen-bond donors (Lipinski definition) is 0. The molecule has 0 spiro atoms. The molecule has 0 N–H and O–H groups in total. The molecule has 0 fully saturated rings. The summed E-state index contributed by atoms with van der Waals surface area (Å²) in [5.74, 6) is -0.470. The van der Waals surface area contributed by atoms with E-state index < -0.39 is 16.9 Å². The van der Waals surface area contributed by atoms with Gasteiger partial charge in [0.05, 0.1) is 4.91 Å². The Balaban J connectivity index is 2.14. The fourth-order valence-corrected chi connectivity index (χ4v) is 3.18. The van der Waals surface area contributed by atoms with Crippen LogP contribution >= 0.6 is 11.8 Å². The van der Waals surface area contributed by atoms with Crippen LogP contribution in [-0.2, 0) is 0 Å². The predicted molar refractivity (Wildman–Crippen MR) is 82.3 cm³/mol. The van der Waals surface area contributed by atoms with Crippen LogP contribution < -0.4 is 0 Å². The first-order valence-electron chi connectivity index (χ1n) is 6.47. The van der Waals surface area contributed by atoms with Crippen LogP contribution in [0.25, 0.3) is 17.1 Å². The van der Waals surface area contributed by atoms with Gasteiger partial charge in [-0.1, -0.05) is 48.2 Å². The maximum atomic E-state index is 13.5. The smallest absolute Gasteiger partial charge is 0.207 e. The molecule has 112 valence electrons. The first-order chi connectivity index (χ1) is 10.4. The summed E-state index contributed by atoms with van der Waals surface area (Å²) < 4.78 is 52.6. The summed E-state index contributed by atoms with van der Waals surface area (Å²) in [6.07, 6.45) is -1.73. The van der Waals surface area contributed by atoms with Gasteiger partial charge in [-0.3, -0.25) is 0 Å². The zero-order valence-electron chi connectivity index (χ0n) is 11.2. The third kappa shape index (κ3) is 3.09. The molecular formula is C17H10F4S. The average Bonchev–Trinajstić information content (AvgIpc) is 2.47. The van der Waals surface area contributed by atoms with E-state index in [0.29, 0.717) is 27.8 Å². The van der Waals surface area contributed by atoms with E-state index in [9.17, 15) is 17.6 Å². The summed E-state index contributed by atoms with van der Waals surface area (Å²) in [4.78, 5) is -0.315. The Labute approximate surface area is 129 Å². The lowest BCUT2D eigenvalue weighted by atomic mass is 10.0. The van der Waals surface area contributed by atoms with Crippen molar-refractivity contribution in [3.8, 4) is 0 Å². The van der Waals surface area contributed by atoms with Crippen LogP contribution in [-0.4, -0.2) is 6.18 Å². The molecule has 1 heterocycles.